The lowest BCUT2D eigenvalue weighted by Gasteiger charge is -2.45. The Morgan fingerprint density at radius 2 is 2.05 bits per heavy atom. The van der Waals surface area contributed by atoms with Crippen LogP contribution in [-0.4, -0.2) is 29.6 Å². The molecule has 2 atom stereocenters. The molecule has 1 heterocycles. The molecular formula is C18H34N2O. The summed E-state index contributed by atoms with van der Waals surface area (Å²) in [4.78, 5) is 15.0. The Labute approximate surface area is 130 Å². The van der Waals surface area contributed by atoms with Crippen molar-refractivity contribution < 1.29 is 4.79 Å². The second kappa shape index (κ2) is 7.13. The molecule has 21 heavy (non-hydrogen) atoms. The topological polar surface area (TPSA) is 32.3 Å². The second-order valence-electron chi connectivity index (χ2n) is 7.68. The first-order chi connectivity index (χ1) is 10.0. The summed E-state index contributed by atoms with van der Waals surface area (Å²) in [5.74, 6) is 0.996. The van der Waals surface area contributed by atoms with Crippen LogP contribution in [0.1, 0.15) is 79.1 Å². The summed E-state index contributed by atoms with van der Waals surface area (Å²) < 4.78 is 0. The number of carbonyl (C=O) groups excluding carboxylic acids is 1. The van der Waals surface area contributed by atoms with E-state index in [1.54, 1.807) is 0 Å². The van der Waals surface area contributed by atoms with E-state index in [2.05, 4.69) is 37.9 Å². The number of hydrogen-bond acceptors (Lipinski definition) is 2. The van der Waals surface area contributed by atoms with Gasteiger partial charge in [0.2, 0.25) is 5.91 Å². The molecule has 1 aliphatic heterocycles. The maximum atomic E-state index is 12.8. The van der Waals surface area contributed by atoms with E-state index in [0.29, 0.717) is 17.2 Å². The van der Waals surface area contributed by atoms with Crippen molar-refractivity contribution in [2.45, 2.75) is 91.3 Å². The normalized spacial score (nSPS) is 28.2. The van der Waals surface area contributed by atoms with Crippen LogP contribution in [0.4, 0.5) is 0 Å². The quantitative estimate of drug-likeness (QED) is 0.735. The predicted octanol–water partition coefficient (Wildman–Crippen LogP) is 3.93. The molecule has 0 spiro atoms. The molecule has 1 amide bonds. The van der Waals surface area contributed by atoms with Crippen LogP contribution in [0.15, 0.2) is 0 Å². The van der Waals surface area contributed by atoms with Crippen molar-refractivity contribution in [3.8, 4) is 0 Å². The third-order valence-electron chi connectivity index (χ3n) is 5.56. The van der Waals surface area contributed by atoms with Gasteiger partial charge in [0.25, 0.3) is 0 Å². The zero-order chi connectivity index (χ0) is 15.5. The molecule has 2 aliphatic rings. The van der Waals surface area contributed by atoms with Crippen LogP contribution in [0.2, 0.25) is 0 Å². The van der Waals surface area contributed by atoms with Crippen LogP contribution in [-0.2, 0) is 4.79 Å². The minimum absolute atomic E-state index is 0.0719. The molecule has 0 radical (unpaired) electrons. The standard InChI is InChI=1S/C18H34N2O/c1-5-7-9-15-17(21)20(16(19-15)12-14(3)4)13-18(6-2)10-8-11-18/h14-16,19H,5-13H2,1-4H3. The summed E-state index contributed by atoms with van der Waals surface area (Å²) in [6.45, 7) is 9.98. The third kappa shape index (κ3) is 3.80. The minimum atomic E-state index is 0.0719. The highest BCUT2D eigenvalue weighted by atomic mass is 16.2. The SMILES string of the molecule is CCCCC1NC(CC(C)C)N(CC2(CC)CCC2)C1=O. The largest absolute Gasteiger partial charge is 0.325 e. The van der Waals surface area contributed by atoms with Gasteiger partial charge in [0.1, 0.15) is 0 Å². The van der Waals surface area contributed by atoms with Gasteiger partial charge >= 0.3 is 0 Å². The van der Waals surface area contributed by atoms with Gasteiger partial charge in [-0.15, -0.1) is 0 Å². The molecule has 3 heteroatoms. The zero-order valence-electron chi connectivity index (χ0n) is 14.5. The molecule has 122 valence electrons. The molecule has 0 bridgehead atoms. The van der Waals surface area contributed by atoms with Gasteiger partial charge in [-0.1, -0.05) is 47.0 Å². The zero-order valence-corrected chi connectivity index (χ0v) is 14.5. The smallest absolute Gasteiger partial charge is 0.241 e. The van der Waals surface area contributed by atoms with E-state index in [1.807, 2.05) is 0 Å². The molecule has 1 aliphatic carbocycles. The van der Waals surface area contributed by atoms with E-state index in [1.165, 1.54) is 32.1 Å². The Bertz CT molecular complexity index is 344. The van der Waals surface area contributed by atoms with Crippen molar-refractivity contribution in [1.29, 1.82) is 0 Å². The van der Waals surface area contributed by atoms with Crippen LogP contribution in [0, 0.1) is 11.3 Å². The minimum Gasteiger partial charge on any atom is -0.325 e. The number of unbranched alkanes of at least 4 members (excludes halogenated alkanes) is 1. The lowest BCUT2D eigenvalue weighted by atomic mass is 9.66. The first-order valence-electron chi connectivity index (χ1n) is 9.08. The molecule has 2 unspecified atom stereocenters. The summed E-state index contributed by atoms with van der Waals surface area (Å²) >= 11 is 0. The van der Waals surface area contributed by atoms with Crippen LogP contribution in [0.5, 0.6) is 0 Å². The first kappa shape index (κ1) is 16.8. The summed E-state index contributed by atoms with van der Waals surface area (Å²) in [5.41, 5.74) is 0.423. The highest BCUT2D eigenvalue weighted by Gasteiger charge is 2.44. The number of nitrogens with one attached hydrogen (secondary N) is 1. The Kier molecular flexibility index (Phi) is 5.70. The van der Waals surface area contributed by atoms with Crippen molar-refractivity contribution in [2.75, 3.05) is 6.54 Å². The van der Waals surface area contributed by atoms with Crippen molar-refractivity contribution >= 4 is 5.91 Å². The van der Waals surface area contributed by atoms with Crippen LogP contribution in [0.3, 0.4) is 0 Å². The first-order valence-corrected chi connectivity index (χ1v) is 9.08. The summed E-state index contributed by atoms with van der Waals surface area (Å²) in [5, 5.41) is 3.63. The molecule has 0 aromatic heterocycles. The maximum Gasteiger partial charge on any atom is 0.241 e. The van der Waals surface area contributed by atoms with Gasteiger partial charge in [-0.25, -0.2) is 0 Å². The van der Waals surface area contributed by atoms with Crippen LogP contribution >= 0.6 is 0 Å². The van der Waals surface area contributed by atoms with Gasteiger partial charge in [0.05, 0.1) is 12.2 Å². The predicted molar refractivity (Wildman–Crippen MR) is 88.0 cm³/mol. The fraction of sp³-hybridized carbons (Fsp3) is 0.944. The Morgan fingerprint density at radius 1 is 1.33 bits per heavy atom. The highest BCUT2D eigenvalue weighted by molar-refractivity contribution is 5.84. The van der Waals surface area contributed by atoms with Gasteiger partial charge in [-0.3, -0.25) is 10.1 Å². The van der Waals surface area contributed by atoms with Gasteiger partial charge in [0, 0.05) is 6.54 Å². The number of rotatable bonds is 8. The molecule has 3 nitrogen and oxygen atoms in total. The molecule has 0 aromatic rings. The van der Waals surface area contributed by atoms with Gasteiger partial charge in [-0.2, -0.15) is 0 Å². The van der Waals surface area contributed by atoms with Crippen LogP contribution in [0.25, 0.3) is 0 Å². The van der Waals surface area contributed by atoms with Crippen molar-refractivity contribution in [1.82, 2.24) is 10.2 Å². The van der Waals surface area contributed by atoms with Crippen LogP contribution < -0.4 is 5.32 Å². The Hall–Kier alpha value is -0.570. The van der Waals surface area contributed by atoms with Crippen molar-refractivity contribution in [2.24, 2.45) is 11.3 Å². The van der Waals surface area contributed by atoms with E-state index >= 15 is 0 Å². The molecule has 1 saturated heterocycles. The van der Waals surface area contributed by atoms with E-state index in [9.17, 15) is 4.79 Å². The monoisotopic (exact) mass is 294 g/mol. The molecule has 2 rings (SSSR count). The Morgan fingerprint density at radius 3 is 2.52 bits per heavy atom. The lowest BCUT2D eigenvalue weighted by Crippen LogP contribution is -2.47. The van der Waals surface area contributed by atoms with E-state index in [4.69, 9.17) is 0 Å². The van der Waals surface area contributed by atoms with Crippen molar-refractivity contribution in [3.63, 3.8) is 0 Å². The Balaban J connectivity index is 2.04. The van der Waals surface area contributed by atoms with Gasteiger partial charge in [0.15, 0.2) is 0 Å². The number of nitrogens with zero attached hydrogens (tertiary/aromatic N) is 1. The van der Waals surface area contributed by atoms with Crippen molar-refractivity contribution in [3.05, 3.63) is 0 Å². The maximum absolute atomic E-state index is 12.8. The fourth-order valence-electron chi connectivity index (χ4n) is 3.85. The molecule has 1 N–H and O–H groups in total. The summed E-state index contributed by atoms with van der Waals surface area (Å²) in [7, 11) is 0. The molecule has 1 saturated carbocycles. The van der Waals surface area contributed by atoms with E-state index < -0.39 is 0 Å². The van der Waals surface area contributed by atoms with Gasteiger partial charge < -0.3 is 4.90 Å². The molecular weight excluding hydrogens is 260 g/mol. The van der Waals surface area contributed by atoms with Gasteiger partial charge in [-0.05, 0) is 43.4 Å². The van der Waals surface area contributed by atoms with E-state index in [0.717, 1.165) is 25.8 Å². The average molecular weight is 294 g/mol. The second-order valence-corrected chi connectivity index (χ2v) is 7.68. The number of carbonyl (C=O) groups is 1. The molecule has 2 fully saturated rings. The average Bonchev–Trinajstić information content (AvgIpc) is 2.67. The molecule has 0 aromatic carbocycles. The third-order valence-corrected chi connectivity index (χ3v) is 5.56. The fourth-order valence-corrected chi connectivity index (χ4v) is 3.85. The van der Waals surface area contributed by atoms with E-state index in [-0.39, 0.29) is 12.2 Å². The highest BCUT2D eigenvalue weighted by Crippen LogP contribution is 2.45. The lowest BCUT2D eigenvalue weighted by molar-refractivity contribution is -0.133. The summed E-state index contributed by atoms with van der Waals surface area (Å²) in [6, 6.07) is 0.0719. The number of amides is 1. The number of hydrogen-bond donors (Lipinski definition) is 1. The summed E-state index contributed by atoms with van der Waals surface area (Å²) in [6.07, 6.45) is 9.82.